The predicted octanol–water partition coefficient (Wildman–Crippen LogP) is 3.44. The van der Waals surface area contributed by atoms with Crippen LogP contribution >= 0.6 is 0 Å². The average molecular weight is 281 g/mol. The summed E-state index contributed by atoms with van der Waals surface area (Å²) < 4.78 is 24.3. The zero-order valence-electron chi connectivity index (χ0n) is 12.3. The van der Waals surface area contributed by atoms with E-state index in [9.17, 15) is 4.39 Å². The topological polar surface area (TPSA) is 30.5 Å². The fourth-order valence-corrected chi connectivity index (χ4v) is 2.80. The van der Waals surface area contributed by atoms with Crippen LogP contribution in [-0.2, 0) is 4.74 Å². The van der Waals surface area contributed by atoms with E-state index in [4.69, 9.17) is 9.47 Å². The Hall–Kier alpha value is -1.13. The van der Waals surface area contributed by atoms with Gasteiger partial charge < -0.3 is 14.8 Å². The van der Waals surface area contributed by atoms with Gasteiger partial charge >= 0.3 is 0 Å². The molecule has 1 aliphatic heterocycles. The molecule has 0 aliphatic carbocycles. The van der Waals surface area contributed by atoms with Crippen molar-refractivity contribution in [1.82, 2.24) is 5.32 Å². The van der Waals surface area contributed by atoms with E-state index in [1.165, 1.54) is 20.0 Å². The van der Waals surface area contributed by atoms with E-state index in [0.717, 1.165) is 31.4 Å². The Morgan fingerprint density at radius 1 is 1.50 bits per heavy atom. The van der Waals surface area contributed by atoms with Gasteiger partial charge in [0.2, 0.25) is 0 Å². The van der Waals surface area contributed by atoms with Gasteiger partial charge in [0.25, 0.3) is 0 Å². The normalized spacial score (nSPS) is 20.1. The summed E-state index contributed by atoms with van der Waals surface area (Å²) in [5, 5.41) is 3.26. The second kappa shape index (κ2) is 7.60. The number of methoxy groups -OCH3 is 1. The first-order valence-corrected chi connectivity index (χ1v) is 7.37. The van der Waals surface area contributed by atoms with Crippen LogP contribution in [0.25, 0.3) is 0 Å². The minimum Gasteiger partial charge on any atom is -0.494 e. The zero-order chi connectivity index (χ0) is 14.4. The SMILES string of the molecule is CNC(CCCC1CCCO1)c1ccc(OC)c(F)c1. The minimum absolute atomic E-state index is 0.178. The van der Waals surface area contributed by atoms with E-state index < -0.39 is 0 Å². The lowest BCUT2D eigenvalue weighted by atomic mass is 9.99. The Balaban J connectivity index is 1.88. The zero-order valence-corrected chi connectivity index (χ0v) is 12.3. The minimum atomic E-state index is -0.302. The molecule has 0 spiro atoms. The lowest BCUT2D eigenvalue weighted by Gasteiger charge is -2.18. The molecular formula is C16H24FNO2. The summed E-state index contributed by atoms with van der Waals surface area (Å²) in [4.78, 5) is 0. The van der Waals surface area contributed by atoms with Gasteiger partial charge in [0.15, 0.2) is 11.6 Å². The molecule has 0 radical (unpaired) electrons. The summed E-state index contributed by atoms with van der Waals surface area (Å²) in [7, 11) is 3.40. The maximum absolute atomic E-state index is 13.7. The van der Waals surface area contributed by atoms with Gasteiger partial charge in [-0.2, -0.15) is 0 Å². The molecule has 1 aromatic carbocycles. The molecule has 1 heterocycles. The summed E-state index contributed by atoms with van der Waals surface area (Å²) in [6.45, 7) is 0.907. The number of rotatable bonds is 7. The van der Waals surface area contributed by atoms with Crippen LogP contribution in [0, 0.1) is 5.82 Å². The third kappa shape index (κ3) is 3.93. The second-order valence-corrected chi connectivity index (χ2v) is 5.30. The van der Waals surface area contributed by atoms with Crippen LogP contribution in [0.2, 0.25) is 0 Å². The molecule has 1 fully saturated rings. The molecule has 4 heteroatoms. The molecule has 1 saturated heterocycles. The van der Waals surface area contributed by atoms with Crippen molar-refractivity contribution in [3.8, 4) is 5.75 Å². The van der Waals surface area contributed by atoms with Crippen LogP contribution in [0.3, 0.4) is 0 Å². The molecule has 1 N–H and O–H groups in total. The molecular weight excluding hydrogens is 257 g/mol. The molecule has 1 aromatic rings. The van der Waals surface area contributed by atoms with Crippen LogP contribution < -0.4 is 10.1 Å². The highest BCUT2D eigenvalue weighted by Crippen LogP contribution is 2.26. The molecule has 0 bridgehead atoms. The summed E-state index contributed by atoms with van der Waals surface area (Å²) in [6.07, 6.45) is 5.97. The van der Waals surface area contributed by atoms with Crippen molar-refractivity contribution in [2.45, 2.75) is 44.2 Å². The Labute approximate surface area is 120 Å². The van der Waals surface area contributed by atoms with Gasteiger partial charge in [0, 0.05) is 12.6 Å². The van der Waals surface area contributed by atoms with Gasteiger partial charge in [-0.15, -0.1) is 0 Å². The summed E-state index contributed by atoms with van der Waals surface area (Å²) >= 11 is 0. The molecule has 112 valence electrons. The molecule has 0 amide bonds. The van der Waals surface area contributed by atoms with Crippen molar-refractivity contribution in [3.05, 3.63) is 29.6 Å². The lowest BCUT2D eigenvalue weighted by molar-refractivity contribution is 0.101. The van der Waals surface area contributed by atoms with Crippen molar-refractivity contribution in [2.75, 3.05) is 20.8 Å². The highest BCUT2D eigenvalue weighted by atomic mass is 19.1. The smallest absolute Gasteiger partial charge is 0.165 e. The van der Waals surface area contributed by atoms with Crippen molar-refractivity contribution in [1.29, 1.82) is 0 Å². The number of hydrogen-bond acceptors (Lipinski definition) is 3. The maximum Gasteiger partial charge on any atom is 0.165 e. The van der Waals surface area contributed by atoms with Gasteiger partial charge in [-0.05, 0) is 56.8 Å². The first-order valence-electron chi connectivity index (χ1n) is 7.37. The first kappa shape index (κ1) is 15.3. The van der Waals surface area contributed by atoms with Crippen molar-refractivity contribution >= 4 is 0 Å². The van der Waals surface area contributed by atoms with Gasteiger partial charge in [0.05, 0.1) is 13.2 Å². The van der Waals surface area contributed by atoms with E-state index in [1.807, 2.05) is 13.1 Å². The molecule has 2 unspecified atom stereocenters. The summed E-state index contributed by atoms with van der Waals surface area (Å²) in [5.41, 5.74) is 0.971. The number of ether oxygens (including phenoxy) is 2. The third-order valence-corrected chi connectivity index (χ3v) is 3.97. The van der Waals surface area contributed by atoms with Crippen LogP contribution in [0.4, 0.5) is 4.39 Å². The van der Waals surface area contributed by atoms with Gasteiger partial charge in [0.1, 0.15) is 0 Å². The molecule has 1 aliphatic rings. The highest BCUT2D eigenvalue weighted by Gasteiger charge is 2.17. The molecule has 2 rings (SSSR count). The van der Waals surface area contributed by atoms with Gasteiger partial charge in [-0.25, -0.2) is 4.39 Å². The van der Waals surface area contributed by atoms with Crippen molar-refractivity contribution < 1.29 is 13.9 Å². The summed E-state index contributed by atoms with van der Waals surface area (Å²) in [5.74, 6) is -0.00710. The van der Waals surface area contributed by atoms with Crippen LogP contribution in [0.5, 0.6) is 5.75 Å². The van der Waals surface area contributed by atoms with Crippen LogP contribution in [0.15, 0.2) is 18.2 Å². The lowest BCUT2D eigenvalue weighted by Crippen LogP contribution is -2.17. The quantitative estimate of drug-likeness (QED) is 0.830. The molecule has 0 saturated carbocycles. The molecule has 20 heavy (non-hydrogen) atoms. The number of benzene rings is 1. The Morgan fingerprint density at radius 2 is 2.35 bits per heavy atom. The molecule has 2 atom stereocenters. The average Bonchev–Trinajstić information content (AvgIpc) is 2.97. The van der Waals surface area contributed by atoms with E-state index in [0.29, 0.717) is 11.9 Å². The molecule has 0 aromatic heterocycles. The van der Waals surface area contributed by atoms with Crippen LogP contribution in [-0.4, -0.2) is 26.9 Å². The number of hydrogen-bond donors (Lipinski definition) is 1. The van der Waals surface area contributed by atoms with E-state index in [1.54, 1.807) is 12.1 Å². The molecule has 3 nitrogen and oxygen atoms in total. The van der Waals surface area contributed by atoms with Crippen molar-refractivity contribution in [2.24, 2.45) is 0 Å². The van der Waals surface area contributed by atoms with E-state index in [2.05, 4.69) is 5.32 Å². The monoisotopic (exact) mass is 281 g/mol. The third-order valence-electron chi connectivity index (χ3n) is 3.97. The first-order chi connectivity index (χ1) is 9.74. The summed E-state index contributed by atoms with van der Waals surface area (Å²) in [6, 6.07) is 5.35. The van der Waals surface area contributed by atoms with Gasteiger partial charge in [-0.3, -0.25) is 0 Å². The van der Waals surface area contributed by atoms with Crippen molar-refractivity contribution in [3.63, 3.8) is 0 Å². The Bertz CT molecular complexity index is 419. The van der Waals surface area contributed by atoms with E-state index >= 15 is 0 Å². The highest BCUT2D eigenvalue weighted by molar-refractivity contribution is 5.31. The van der Waals surface area contributed by atoms with Crippen LogP contribution in [0.1, 0.15) is 43.7 Å². The predicted molar refractivity (Wildman–Crippen MR) is 77.6 cm³/mol. The fourth-order valence-electron chi connectivity index (χ4n) is 2.80. The number of halogens is 1. The largest absolute Gasteiger partial charge is 0.494 e. The van der Waals surface area contributed by atoms with E-state index in [-0.39, 0.29) is 11.9 Å². The Kier molecular flexibility index (Phi) is 5.80. The number of nitrogens with one attached hydrogen (secondary N) is 1. The standard InChI is InChI=1S/C16H24FNO2/c1-18-15(7-3-5-13-6-4-10-20-13)12-8-9-16(19-2)14(17)11-12/h8-9,11,13,15,18H,3-7,10H2,1-2H3. The Morgan fingerprint density at radius 3 is 2.95 bits per heavy atom. The fraction of sp³-hybridized carbons (Fsp3) is 0.625. The maximum atomic E-state index is 13.7. The van der Waals surface area contributed by atoms with Gasteiger partial charge in [-0.1, -0.05) is 6.07 Å². The second-order valence-electron chi connectivity index (χ2n) is 5.30.